The summed E-state index contributed by atoms with van der Waals surface area (Å²) in [5, 5.41) is 4.94. The molecular weight excluding hydrogens is 235 g/mol. The summed E-state index contributed by atoms with van der Waals surface area (Å²) in [7, 11) is 0. The smallest absolute Gasteiger partial charge is 0.152 e. The lowest BCUT2D eigenvalue weighted by Gasteiger charge is -2.02. The highest BCUT2D eigenvalue weighted by Gasteiger charge is 1.95. The maximum absolute atomic E-state index is 5.80. The first-order valence-corrected chi connectivity index (χ1v) is 5.29. The lowest BCUT2D eigenvalue weighted by molar-refractivity contribution is 0.189. The summed E-state index contributed by atoms with van der Waals surface area (Å²) < 4.78 is 5.08. The van der Waals surface area contributed by atoms with Crippen molar-refractivity contribution in [2.45, 2.75) is 6.92 Å². The molecule has 0 aliphatic heterocycles. The van der Waals surface area contributed by atoms with Gasteiger partial charge in [-0.3, -0.25) is 5.43 Å². The fourth-order valence-electron chi connectivity index (χ4n) is 0.902. The molecule has 1 N–H and O–H groups in total. The van der Waals surface area contributed by atoms with E-state index in [-0.39, 0.29) is 0 Å². The molecule has 0 fully saturated rings. The van der Waals surface area contributed by atoms with E-state index in [1.807, 2.05) is 19.1 Å². The molecule has 0 aromatic heterocycles. The fraction of sp³-hybridized carbons (Fsp3) is 0.300. The molecule has 1 aromatic carbocycles. The Bertz CT molecular complexity index is 342. The standard InChI is InChI=1S/C10H12Cl2N2O/c1-2-15-7-10(12)14-13-9-5-3-4-8(11)6-9/h3-6,13H,2,7H2,1H3/b14-10-. The monoisotopic (exact) mass is 246 g/mol. The van der Waals surface area contributed by atoms with E-state index in [4.69, 9.17) is 27.9 Å². The van der Waals surface area contributed by atoms with E-state index in [1.54, 1.807) is 12.1 Å². The summed E-state index contributed by atoms with van der Waals surface area (Å²) in [5.41, 5.74) is 3.57. The van der Waals surface area contributed by atoms with E-state index in [9.17, 15) is 0 Å². The van der Waals surface area contributed by atoms with Gasteiger partial charge in [0.1, 0.15) is 6.61 Å². The topological polar surface area (TPSA) is 33.6 Å². The van der Waals surface area contributed by atoms with Crippen molar-refractivity contribution in [2.75, 3.05) is 18.6 Å². The van der Waals surface area contributed by atoms with Gasteiger partial charge in [-0.05, 0) is 25.1 Å². The first-order chi connectivity index (χ1) is 7.22. The van der Waals surface area contributed by atoms with Crippen molar-refractivity contribution < 1.29 is 4.74 Å². The fourth-order valence-corrected chi connectivity index (χ4v) is 1.21. The van der Waals surface area contributed by atoms with Crippen LogP contribution in [-0.2, 0) is 4.74 Å². The Hall–Kier alpha value is -0.770. The minimum Gasteiger partial charge on any atom is -0.374 e. The van der Waals surface area contributed by atoms with E-state index < -0.39 is 0 Å². The number of hydrogen-bond acceptors (Lipinski definition) is 3. The van der Waals surface area contributed by atoms with Crippen LogP contribution in [0.1, 0.15) is 6.92 Å². The Balaban J connectivity index is 2.48. The third-order valence-electron chi connectivity index (χ3n) is 1.56. The Morgan fingerprint density at radius 2 is 2.33 bits per heavy atom. The van der Waals surface area contributed by atoms with Gasteiger partial charge in [0.15, 0.2) is 5.17 Å². The first kappa shape index (κ1) is 12.3. The molecule has 0 bridgehead atoms. The predicted octanol–water partition coefficient (Wildman–Crippen LogP) is 3.34. The average molecular weight is 247 g/mol. The van der Waals surface area contributed by atoms with Gasteiger partial charge in [-0.1, -0.05) is 29.3 Å². The van der Waals surface area contributed by atoms with E-state index >= 15 is 0 Å². The molecule has 1 aromatic rings. The second-order valence-corrected chi connectivity index (χ2v) is 3.62. The number of nitrogens with zero attached hydrogens (tertiary/aromatic N) is 1. The maximum atomic E-state index is 5.80. The van der Waals surface area contributed by atoms with Gasteiger partial charge in [0.2, 0.25) is 0 Å². The van der Waals surface area contributed by atoms with Crippen LogP contribution in [0.2, 0.25) is 5.02 Å². The molecule has 0 amide bonds. The zero-order valence-electron chi connectivity index (χ0n) is 8.34. The summed E-state index contributed by atoms with van der Waals surface area (Å²) >= 11 is 11.6. The number of halogens is 2. The van der Waals surface area contributed by atoms with Crippen LogP contribution in [0.5, 0.6) is 0 Å². The summed E-state index contributed by atoms with van der Waals surface area (Å²) in [5.74, 6) is 0. The largest absolute Gasteiger partial charge is 0.374 e. The minimum atomic E-state index is 0.311. The van der Waals surface area contributed by atoms with Crippen LogP contribution in [0.25, 0.3) is 0 Å². The second-order valence-electron chi connectivity index (χ2n) is 2.75. The van der Waals surface area contributed by atoms with Gasteiger partial charge in [0.25, 0.3) is 0 Å². The molecule has 1 rings (SSSR count). The molecule has 15 heavy (non-hydrogen) atoms. The highest BCUT2D eigenvalue weighted by molar-refractivity contribution is 6.65. The summed E-state index contributed by atoms with van der Waals surface area (Å²) in [4.78, 5) is 0. The van der Waals surface area contributed by atoms with Gasteiger partial charge in [-0.25, -0.2) is 0 Å². The van der Waals surface area contributed by atoms with Crippen molar-refractivity contribution in [3.63, 3.8) is 0 Å². The summed E-state index contributed by atoms with van der Waals surface area (Å²) in [6, 6.07) is 7.23. The Kier molecular flexibility index (Phi) is 5.47. The predicted molar refractivity (Wildman–Crippen MR) is 64.9 cm³/mol. The van der Waals surface area contributed by atoms with Gasteiger partial charge < -0.3 is 4.74 Å². The van der Waals surface area contributed by atoms with Crippen molar-refractivity contribution in [2.24, 2.45) is 5.10 Å². The molecule has 0 unspecified atom stereocenters. The molecule has 0 saturated heterocycles. The minimum absolute atomic E-state index is 0.311. The van der Waals surface area contributed by atoms with E-state index in [0.29, 0.717) is 23.4 Å². The van der Waals surface area contributed by atoms with Crippen LogP contribution in [0.4, 0.5) is 5.69 Å². The lowest BCUT2D eigenvalue weighted by atomic mass is 10.3. The molecule has 82 valence electrons. The highest BCUT2D eigenvalue weighted by atomic mass is 35.5. The Labute approximate surface area is 99.0 Å². The molecule has 3 nitrogen and oxygen atoms in total. The van der Waals surface area contributed by atoms with Crippen LogP contribution in [0.3, 0.4) is 0 Å². The van der Waals surface area contributed by atoms with Crippen molar-refractivity contribution in [1.82, 2.24) is 0 Å². The van der Waals surface area contributed by atoms with Gasteiger partial charge in [-0.15, -0.1) is 0 Å². The number of nitrogens with one attached hydrogen (secondary N) is 1. The van der Waals surface area contributed by atoms with Crippen molar-refractivity contribution in [1.29, 1.82) is 0 Å². The number of hydrazone groups is 1. The number of hydrogen-bond donors (Lipinski definition) is 1. The Morgan fingerprint density at radius 3 is 3.00 bits per heavy atom. The van der Waals surface area contributed by atoms with Crippen LogP contribution in [0.15, 0.2) is 29.4 Å². The number of ether oxygens (including phenoxy) is 1. The zero-order valence-corrected chi connectivity index (χ0v) is 9.85. The quantitative estimate of drug-likeness (QED) is 0.639. The molecule has 5 heteroatoms. The molecule has 0 heterocycles. The maximum Gasteiger partial charge on any atom is 0.152 e. The molecule has 0 atom stereocenters. The molecular formula is C10H12Cl2N2O. The molecule has 0 aliphatic rings. The van der Waals surface area contributed by atoms with Gasteiger partial charge in [-0.2, -0.15) is 5.10 Å². The van der Waals surface area contributed by atoms with Crippen molar-refractivity contribution in [3.05, 3.63) is 29.3 Å². The Morgan fingerprint density at radius 1 is 1.53 bits per heavy atom. The SMILES string of the molecule is CCOC/C(Cl)=N/Nc1cccc(Cl)c1. The van der Waals surface area contributed by atoms with Crippen LogP contribution in [-0.4, -0.2) is 18.4 Å². The van der Waals surface area contributed by atoms with Crippen molar-refractivity contribution in [3.8, 4) is 0 Å². The normalized spacial score (nSPS) is 11.5. The van der Waals surface area contributed by atoms with Crippen LogP contribution in [0, 0.1) is 0 Å². The van der Waals surface area contributed by atoms with E-state index in [2.05, 4.69) is 10.5 Å². The first-order valence-electron chi connectivity index (χ1n) is 4.53. The molecule has 0 radical (unpaired) electrons. The highest BCUT2D eigenvalue weighted by Crippen LogP contribution is 2.14. The van der Waals surface area contributed by atoms with Crippen LogP contribution < -0.4 is 5.43 Å². The van der Waals surface area contributed by atoms with Crippen molar-refractivity contribution >= 4 is 34.1 Å². The molecule has 0 aliphatic carbocycles. The number of anilines is 1. The van der Waals surface area contributed by atoms with Gasteiger partial charge in [0.05, 0.1) is 5.69 Å². The third-order valence-corrected chi connectivity index (χ3v) is 1.98. The van der Waals surface area contributed by atoms with Gasteiger partial charge >= 0.3 is 0 Å². The lowest BCUT2D eigenvalue weighted by Crippen LogP contribution is -2.04. The third kappa shape index (κ3) is 5.02. The second kappa shape index (κ2) is 6.67. The van der Waals surface area contributed by atoms with Crippen LogP contribution >= 0.6 is 23.2 Å². The molecule has 0 saturated carbocycles. The number of rotatable bonds is 5. The van der Waals surface area contributed by atoms with E-state index in [0.717, 1.165) is 5.69 Å². The zero-order chi connectivity index (χ0) is 11.1. The molecule has 0 spiro atoms. The summed E-state index contributed by atoms with van der Waals surface area (Å²) in [6.07, 6.45) is 0. The number of benzene rings is 1. The summed E-state index contributed by atoms with van der Waals surface area (Å²) in [6.45, 7) is 2.82. The average Bonchev–Trinajstić information content (AvgIpc) is 2.23. The van der Waals surface area contributed by atoms with Gasteiger partial charge in [0, 0.05) is 11.6 Å². The van der Waals surface area contributed by atoms with E-state index in [1.165, 1.54) is 0 Å².